The summed E-state index contributed by atoms with van der Waals surface area (Å²) in [6.07, 6.45) is 3.76. The molecule has 1 aliphatic heterocycles. The highest BCUT2D eigenvalue weighted by atomic mass is 32.1. The van der Waals surface area contributed by atoms with Gasteiger partial charge in [0.1, 0.15) is 0 Å². The van der Waals surface area contributed by atoms with Crippen LogP contribution in [0.1, 0.15) is 16.0 Å². The van der Waals surface area contributed by atoms with Crippen molar-refractivity contribution >= 4 is 47.1 Å². The first-order valence-corrected chi connectivity index (χ1v) is 8.73. The fraction of sp³-hybridized carbons (Fsp3) is 0.0526. The molecule has 0 spiro atoms. The van der Waals surface area contributed by atoms with E-state index in [0.29, 0.717) is 3.95 Å². The standard InChI is InChI=1S/C19H14N2OS2/c1-12-6-8-14(9-7-12)21-18(22)17(24-19(21)23)10-13-11-20-16-5-3-2-4-15(13)16/h2-11,22H,1H3. The summed E-state index contributed by atoms with van der Waals surface area (Å²) in [6, 6.07) is 15.9. The third-order valence-corrected chi connectivity index (χ3v) is 5.26. The van der Waals surface area contributed by atoms with Crippen molar-refractivity contribution in [3.05, 3.63) is 68.5 Å². The predicted octanol–water partition coefficient (Wildman–Crippen LogP) is 5.54. The topological polar surface area (TPSA) is 37.5 Å². The van der Waals surface area contributed by atoms with E-state index in [-0.39, 0.29) is 5.88 Å². The largest absolute Gasteiger partial charge is 0.493 e. The molecule has 1 aromatic heterocycles. The van der Waals surface area contributed by atoms with Crippen LogP contribution in [0, 0.1) is 10.9 Å². The number of aromatic nitrogens is 1. The summed E-state index contributed by atoms with van der Waals surface area (Å²) in [5.74, 6) is 0.166. The molecule has 0 saturated carbocycles. The molecule has 3 aromatic rings. The molecule has 0 radical (unpaired) electrons. The molecule has 3 nitrogen and oxygen atoms in total. The lowest BCUT2D eigenvalue weighted by Crippen LogP contribution is -1.92. The number of aromatic hydroxyl groups is 1. The molecule has 0 amide bonds. The van der Waals surface area contributed by atoms with Gasteiger partial charge < -0.3 is 5.11 Å². The Balaban J connectivity index is 1.81. The van der Waals surface area contributed by atoms with Crippen LogP contribution in [0.5, 0.6) is 5.88 Å². The van der Waals surface area contributed by atoms with E-state index in [9.17, 15) is 5.11 Å². The van der Waals surface area contributed by atoms with Crippen molar-refractivity contribution in [3.63, 3.8) is 0 Å². The van der Waals surface area contributed by atoms with Crippen LogP contribution >= 0.6 is 23.6 Å². The molecule has 1 N–H and O–H groups in total. The minimum absolute atomic E-state index is 0.166. The zero-order valence-corrected chi connectivity index (χ0v) is 14.6. The smallest absolute Gasteiger partial charge is 0.215 e. The molecule has 4 rings (SSSR count). The summed E-state index contributed by atoms with van der Waals surface area (Å²) < 4.78 is 2.32. The van der Waals surface area contributed by atoms with Crippen molar-refractivity contribution in [2.24, 2.45) is 4.99 Å². The Morgan fingerprint density at radius 3 is 2.67 bits per heavy atom. The van der Waals surface area contributed by atoms with E-state index in [1.165, 1.54) is 16.9 Å². The van der Waals surface area contributed by atoms with Gasteiger partial charge in [-0.3, -0.25) is 9.56 Å². The van der Waals surface area contributed by atoms with Gasteiger partial charge in [-0.1, -0.05) is 35.9 Å². The zero-order chi connectivity index (χ0) is 16.7. The van der Waals surface area contributed by atoms with Gasteiger partial charge in [0.25, 0.3) is 0 Å². The Hall–Kier alpha value is -2.50. The molecule has 0 bridgehead atoms. The first-order chi connectivity index (χ1) is 11.6. The van der Waals surface area contributed by atoms with Crippen LogP contribution in [-0.2, 0) is 0 Å². The summed E-state index contributed by atoms with van der Waals surface area (Å²) in [7, 11) is 0. The fourth-order valence-corrected chi connectivity index (χ4v) is 3.99. The molecule has 24 heavy (non-hydrogen) atoms. The third-order valence-electron chi connectivity index (χ3n) is 3.95. The quantitative estimate of drug-likeness (QED) is 0.616. The number of thiazole rings is 1. The van der Waals surface area contributed by atoms with Crippen molar-refractivity contribution in [2.75, 3.05) is 0 Å². The number of benzene rings is 2. The van der Waals surface area contributed by atoms with E-state index in [1.807, 2.05) is 67.7 Å². The number of hydrogen-bond acceptors (Lipinski definition) is 4. The molecule has 0 aliphatic carbocycles. The van der Waals surface area contributed by atoms with Gasteiger partial charge in [0.2, 0.25) is 5.88 Å². The highest BCUT2D eigenvalue weighted by Gasteiger charge is 2.15. The molecule has 0 unspecified atom stereocenters. The van der Waals surface area contributed by atoms with Crippen molar-refractivity contribution in [1.82, 2.24) is 4.57 Å². The number of aliphatic imine (C=N–C) groups is 1. The minimum atomic E-state index is 0.166. The third kappa shape index (κ3) is 2.52. The lowest BCUT2D eigenvalue weighted by Gasteiger charge is -2.05. The number of allylic oxidation sites excluding steroid dienone is 1. The average molecular weight is 350 g/mol. The SMILES string of the molecule is Cc1ccc(-n2c(O)c(C=C3C=Nc4ccccc43)sc2=S)cc1. The van der Waals surface area contributed by atoms with Gasteiger partial charge in [0, 0.05) is 17.4 Å². The second-order valence-electron chi connectivity index (χ2n) is 5.60. The van der Waals surface area contributed by atoms with Crippen LogP contribution in [0.2, 0.25) is 0 Å². The zero-order valence-electron chi connectivity index (χ0n) is 12.9. The maximum atomic E-state index is 10.7. The Labute approximate surface area is 148 Å². The highest BCUT2D eigenvalue weighted by Crippen LogP contribution is 2.36. The summed E-state index contributed by atoms with van der Waals surface area (Å²) in [4.78, 5) is 5.14. The summed E-state index contributed by atoms with van der Waals surface area (Å²) in [6.45, 7) is 2.03. The molecule has 118 valence electrons. The second kappa shape index (κ2) is 5.85. The molecule has 2 aromatic carbocycles. The fourth-order valence-electron chi connectivity index (χ4n) is 2.69. The number of rotatable bonds is 2. The van der Waals surface area contributed by atoms with Gasteiger partial charge in [-0.05, 0) is 43.4 Å². The summed E-state index contributed by atoms with van der Waals surface area (Å²) in [5, 5.41) is 10.7. The lowest BCUT2D eigenvalue weighted by molar-refractivity contribution is 0.441. The Kier molecular flexibility index (Phi) is 3.67. The molecular formula is C19H14N2OS2. The molecule has 2 heterocycles. The van der Waals surface area contributed by atoms with Gasteiger partial charge in [-0.15, -0.1) is 11.3 Å². The van der Waals surface area contributed by atoms with Gasteiger partial charge in [0.05, 0.1) is 16.3 Å². The van der Waals surface area contributed by atoms with E-state index < -0.39 is 0 Å². The number of aryl methyl sites for hydroxylation is 1. The molecule has 1 aliphatic rings. The summed E-state index contributed by atoms with van der Waals surface area (Å²) >= 11 is 6.84. The lowest BCUT2D eigenvalue weighted by atomic mass is 10.1. The molecule has 0 saturated heterocycles. The van der Waals surface area contributed by atoms with Crippen LogP contribution < -0.4 is 0 Å². The molecule has 0 atom stereocenters. The van der Waals surface area contributed by atoms with Gasteiger partial charge >= 0.3 is 0 Å². The Bertz CT molecular complexity index is 1040. The summed E-state index contributed by atoms with van der Waals surface area (Å²) in [5.41, 5.74) is 5.03. The van der Waals surface area contributed by atoms with Crippen molar-refractivity contribution in [3.8, 4) is 11.6 Å². The van der Waals surface area contributed by atoms with Crippen molar-refractivity contribution in [1.29, 1.82) is 0 Å². The number of hydrogen-bond donors (Lipinski definition) is 1. The molecule has 0 fully saturated rings. The number of fused-ring (bicyclic) bond motifs is 1. The Morgan fingerprint density at radius 2 is 1.88 bits per heavy atom. The predicted molar refractivity (Wildman–Crippen MR) is 103 cm³/mol. The highest BCUT2D eigenvalue weighted by molar-refractivity contribution is 7.73. The van der Waals surface area contributed by atoms with E-state index in [1.54, 1.807) is 4.57 Å². The van der Waals surface area contributed by atoms with Gasteiger partial charge in [-0.25, -0.2) is 0 Å². The van der Waals surface area contributed by atoms with E-state index >= 15 is 0 Å². The van der Waals surface area contributed by atoms with Crippen LogP contribution in [0.25, 0.3) is 17.3 Å². The van der Waals surface area contributed by atoms with E-state index in [0.717, 1.165) is 27.4 Å². The van der Waals surface area contributed by atoms with Crippen molar-refractivity contribution < 1.29 is 5.11 Å². The van der Waals surface area contributed by atoms with Crippen LogP contribution in [0.3, 0.4) is 0 Å². The van der Waals surface area contributed by atoms with Crippen LogP contribution in [0.4, 0.5) is 5.69 Å². The monoisotopic (exact) mass is 350 g/mol. The first kappa shape index (κ1) is 15.1. The normalized spacial score (nSPS) is 14.3. The minimum Gasteiger partial charge on any atom is -0.493 e. The Morgan fingerprint density at radius 1 is 1.12 bits per heavy atom. The van der Waals surface area contributed by atoms with Crippen LogP contribution in [0.15, 0.2) is 53.5 Å². The van der Waals surface area contributed by atoms with E-state index in [2.05, 4.69) is 4.99 Å². The molecule has 5 heteroatoms. The van der Waals surface area contributed by atoms with Crippen molar-refractivity contribution in [2.45, 2.75) is 6.92 Å². The first-order valence-electron chi connectivity index (χ1n) is 7.50. The maximum absolute atomic E-state index is 10.7. The number of nitrogens with zero attached hydrogens (tertiary/aromatic N) is 2. The molecular weight excluding hydrogens is 336 g/mol. The maximum Gasteiger partial charge on any atom is 0.215 e. The average Bonchev–Trinajstić information content (AvgIpc) is 3.11. The van der Waals surface area contributed by atoms with E-state index in [4.69, 9.17) is 12.2 Å². The van der Waals surface area contributed by atoms with Gasteiger partial charge in [-0.2, -0.15) is 0 Å². The van der Waals surface area contributed by atoms with Gasteiger partial charge in [0.15, 0.2) is 3.95 Å². The second-order valence-corrected chi connectivity index (χ2v) is 7.28. The van der Waals surface area contributed by atoms with Crippen LogP contribution in [-0.4, -0.2) is 15.9 Å². The number of para-hydroxylation sites is 1.